The summed E-state index contributed by atoms with van der Waals surface area (Å²) in [5.74, 6) is 1.76. The van der Waals surface area contributed by atoms with Crippen molar-refractivity contribution in [2.75, 3.05) is 0 Å². The smallest absolute Gasteiger partial charge is 0.254 e. The molecule has 3 aromatic rings. The van der Waals surface area contributed by atoms with E-state index < -0.39 is 0 Å². The Balaban J connectivity index is 1.20. The van der Waals surface area contributed by atoms with E-state index >= 15 is 0 Å². The Morgan fingerprint density at radius 2 is 1.70 bits per heavy atom. The van der Waals surface area contributed by atoms with Gasteiger partial charge in [-0.05, 0) is 60.9 Å². The van der Waals surface area contributed by atoms with Gasteiger partial charge in [-0.2, -0.15) is 5.26 Å². The summed E-state index contributed by atoms with van der Waals surface area (Å²) in [6.45, 7) is 0. The molecule has 5 rings (SSSR count). The first kappa shape index (κ1) is 21.6. The molecule has 166 valence electrons. The molecule has 2 atom stereocenters. The minimum atomic E-state index is 0.0814. The molecule has 2 bridgehead atoms. The number of thioether (sulfide) groups is 1. The van der Waals surface area contributed by atoms with Crippen molar-refractivity contribution in [3.05, 3.63) is 95.6 Å². The minimum absolute atomic E-state index is 0.0814. The fourth-order valence-corrected chi connectivity index (χ4v) is 5.84. The summed E-state index contributed by atoms with van der Waals surface area (Å²) in [7, 11) is 0. The van der Waals surface area contributed by atoms with E-state index in [0.717, 1.165) is 42.7 Å². The molecule has 33 heavy (non-hydrogen) atoms. The average Bonchev–Trinajstić information content (AvgIpc) is 3.13. The number of amides is 1. The average molecular weight is 455 g/mol. The second-order valence-electron chi connectivity index (χ2n) is 8.75. The Labute approximate surface area is 199 Å². The molecule has 3 aromatic carbocycles. The van der Waals surface area contributed by atoms with Gasteiger partial charge in [0, 0.05) is 41.1 Å². The molecule has 2 aliphatic heterocycles. The number of nitrogens with zero attached hydrogens (tertiary/aromatic N) is 2. The molecular weight excluding hydrogens is 428 g/mol. The number of hydrogen-bond donors (Lipinski definition) is 0. The lowest BCUT2D eigenvalue weighted by atomic mass is 9.98. The highest BCUT2D eigenvalue weighted by molar-refractivity contribution is 7.98. The standard InChI is InChI=1S/C28H26N2O2S/c29-18-21-5-4-6-25(15-21)32-26-16-23-13-14-24(17-26)30(23)28(31)22-11-9-20(10-12-22)19-33-27-7-2-1-3-8-27/h1-12,15,23-24,26H,13-14,16-17,19H2. The van der Waals surface area contributed by atoms with Gasteiger partial charge in [-0.1, -0.05) is 36.4 Å². The summed E-state index contributed by atoms with van der Waals surface area (Å²) < 4.78 is 6.20. The molecule has 4 nitrogen and oxygen atoms in total. The fourth-order valence-electron chi connectivity index (χ4n) is 4.96. The largest absolute Gasteiger partial charge is 0.490 e. The van der Waals surface area contributed by atoms with E-state index in [1.807, 2.05) is 30.3 Å². The first-order valence-electron chi connectivity index (χ1n) is 11.5. The van der Waals surface area contributed by atoms with Crippen molar-refractivity contribution in [2.24, 2.45) is 0 Å². The molecule has 2 unspecified atom stereocenters. The van der Waals surface area contributed by atoms with Crippen molar-refractivity contribution in [1.29, 1.82) is 5.26 Å². The van der Waals surface area contributed by atoms with E-state index in [0.29, 0.717) is 5.56 Å². The van der Waals surface area contributed by atoms with Crippen LogP contribution in [-0.4, -0.2) is 29.0 Å². The minimum Gasteiger partial charge on any atom is -0.490 e. The van der Waals surface area contributed by atoms with Gasteiger partial charge in [0.1, 0.15) is 11.9 Å². The van der Waals surface area contributed by atoms with Crippen LogP contribution in [0.15, 0.2) is 83.8 Å². The fraction of sp³-hybridized carbons (Fsp3) is 0.286. The van der Waals surface area contributed by atoms with Crippen molar-refractivity contribution >= 4 is 17.7 Å². The summed E-state index contributed by atoms with van der Waals surface area (Å²) in [6.07, 6.45) is 3.81. The van der Waals surface area contributed by atoms with E-state index in [1.54, 1.807) is 23.9 Å². The van der Waals surface area contributed by atoms with Crippen LogP contribution in [0, 0.1) is 11.3 Å². The Morgan fingerprint density at radius 3 is 2.39 bits per heavy atom. The number of nitriles is 1. The molecule has 0 aromatic heterocycles. The number of carbonyl (C=O) groups excluding carboxylic acids is 1. The first-order chi connectivity index (χ1) is 16.2. The molecule has 2 aliphatic rings. The lowest BCUT2D eigenvalue weighted by molar-refractivity contribution is 0.0359. The topological polar surface area (TPSA) is 53.3 Å². The third-order valence-corrected chi connectivity index (χ3v) is 7.62. The van der Waals surface area contributed by atoms with Crippen LogP contribution in [0.25, 0.3) is 0 Å². The van der Waals surface area contributed by atoms with Crippen molar-refractivity contribution < 1.29 is 9.53 Å². The van der Waals surface area contributed by atoms with Gasteiger partial charge in [0.15, 0.2) is 0 Å². The van der Waals surface area contributed by atoms with E-state index in [-0.39, 0.29) is 24.1 Å². The molecule has 5 heteroatoms. The summed E-state index contributed by atoms with van der Waals surface area (Å²) in [5.41, 5.74) is 2.59. The van der Waals surface area contributed by atoms with Gasteiger partial charge < -0.3 is 9.64 Å². The molecule has 0 aliphatic carbocycles. The lowest BCUT2D eigenvalue weighted by Gasteiger charge is -2.39. The Kier molecular flexibility index (Phi) is 6.37. The highest BCUT2D eigenvalue weighted by Crippen LogP contribution is 2.38. The van der Waals surface area contributed by atoms with Crippen LogP contribution >= 0.6 is 11.8 Å². The Morgan fingerprint density at radius 1 is 0.970 bits per heavy atom. The quantitative estimate of drug-likeness (QED) is 0.425. The Bertz CT molecular complexity index is 1140. The van der Waals surface area contributed by atoms with E-state index in [4.69, 9.17) is 10.00 Å². The van der Waals surface area contributed by atoms with Crippen LogP contribution in [0.1, 0.15) is 47.2 Å². The number of hydrogen-bond acceptors (Lipinski definition) is 4. The normalized spacial score (nSPS) is 21.4. The zero-order valence-corrected chi connectivity index (χ0v) is 19.2. The third-order valence-electron chi connectivity index (χ3n) is 6.54. The summed E-state index contributed by atoms with van der Waals surface area (Å²) >= 11 is 1.80. The lowest BCUT2D eigenvalue weighted by Crippen LogP contribution is -2.49. The van der Waals surface area contributed by atoms with E-state index in [2.05, 4.69) is 47.4 Å². The van der Waals surface area contributed by atoms with Crippen LogP contribution in [0.5, 0.6) is 5.75 Å². The molecule has 0 spiro atoms. The number of ether oxygens (including phenoxy) is 1. The van der Waals surface area contributed by atoms with Gasteiger partial charge in [0.25, 0.3) is 5.91 Å². The van der Waals surface area contributed by atoms with Crippen molar-refractivity contribution in [2.45, 2.75) is 54.5 Å². The summed E-state index contributed by atoms with van der Waals surface area (Å²) in [4.78, 5) is 16.7. The molecule has 0 N–H and O–H groups in total. The second kappa shape index (κ2) is 9.72. The molecule has 2 heterocycles. The van der Waals surface area contributed by atoms with E-state index in [1.165, 1.54) is 10.5 Å². The van der Waals surface area contributed by atoms with Crippen molar-refractivity contribution in [3.63, 3.8) is 0 Å². The molecule has 0 radical (unpaired) electrons. The Hall–Kier alpha value is -3.23. The van der Waals surface area contributed by atoms with Crippen LogP contribution in [0.4, 0.5) is 0 Å². The molecule has 1 amide bonds. The number of piperidine rings is 1. The molecular formula is C28H26N2O2S. The number of carbonyl (C=O) groups is 1. The van der Waals surface area contributed by atoms with Gasteiger partial charge in [0.2, 0.25) is 0 Å². The van der Waals surface area contributed by atoms with Crippen LogP contribution in [0.3, 0.4) is 0 Å². The maximum Gasteiger partial charge on any atom is 0.254 e. The maximum absolute atomic E-state index is 13.3. The molecule has 0 saturated carbocycles. The number of fused-ring (bicyclic) bond motifs is 2. The summed E-state index contributed by atoms with van der Waals surface area (Å²) in [6, 6.07) is 28.4. The van der Waals surface area contributed by atoms with Gasteiger partial charge >= 0.3 is 0 Å². The van der Waals surface area contributed by atoms with Crippen LogP contribution < -0.4 is 4.74 Å². The highest BCUT2D eigenvalue weighted by Gasteiger charge is 2.44. The predicted molar refractivity (Wildman–Crippen MR) is 130 cm³/mol. The van der Waals surface area contributed by atoms with Crippen molar-refractivity contribution in [1.82, 2.24) is 4.90 Å². The van der Waals surface area contributed by atoms with Gasteiger partial charge in [0.05, 0.1) is 11.6 Å². The predicted octanol–water partition coefficient (Wildman–Crippen LogP) is 6.07. The SMILES string of the molecule is N#Cc1cccc(OC2CC3CCC(C2)N3C(=O)c2ccc(CSc3ccccc3)cc2)c1. The van der Waals surface area contributed by atoms with Gasteiger partial charge in [-0.25, -0.2) is 0 Å². The zero-order chi connectivity index (χ0) is 22.6. The maximum atomic E-state index is 13.3. The molecule has 2 fully saturated rings. The number of benzene rings is 3. The second-order valence-corrected chi connectivity index (χ2v) is 9.80. The zero-order valence-electron chi connectivity index (χ0n) is 18.4. The monoisotopic (exact) mass is 454 g/mol. The highest BCUT2D eigenvalue weighted by atomic mass is 32.2. The summed E-state index contributed by atoms with van der Waals surface area (Å²) in [5, 5.41) is 9.11. The van der Waals surface area contributed by atoms with Crippen molar-refractivity contribution in [3.8, 4) is 11.8 Å². The van der Waals surface area contributed by atoms with Gasteiger partial charge in [-0.3, -0.25) is 4.79 Å². The third kappa shape index (κ3) is 4.91. The number of rotatable bonds is 6. The first-order valence-corrected chi connectivity index (χ1v) is 12.4. The van der Waals surface area contributed by atoms with Crippen LogP contribution in [0.2, 0.25) is 0 Å². The van der Waals surface area contributed by atoms with Crippen LogP contribution in [-0.2, 0) is 5.75 Å². The molecule has 2 saturated heterocycles. The van der Waals surface area contributed by atoms with E-state index in [9.17, 15) is 4.79 Å². The van der Waals surface area contributed by atoms with Gasteiger partial charge in [-0.15, -0.1) is 11.8 Å².